The highest BCUT2D eigenvalue weighted by molar-refractivity contribution is 14.1. The van der Waals surface area contributed by atoms with Gasteiger partial charge in [0.05, 0.1) is 0 Å². The van der Waals surface area contributed by atoms with Crippen LogP contribution >= 0.6 is 22.6 Å². The molecule has 1 aromatic rings. The molecule has 0 aliphatic heterocycles. The molecule has 0 aromatic heterocycles. The number of benzene rings is 1. The van der Waals surface area contributed by atoms with Gasteiger partial charge < -0.3 is 5.32 Å². The molecule has 2 atom stereocenters. The molecule has 0 saturated heterocycles. The number of halogens is 1. The monoisotopic (exact) mass is 315 g/mol. The quantitative estimate of drug-likeness (QED) is 0.835. The molecule has 0 bridgehead atoms. The van der Waals surface area contributed by atoms with Gasteiger partial charge in [0.2, 0.25) is 5.91 Å². The van der Waals surface area contributed by atoms with Crippen molar-refractivity contribution in [2.24, 2.45) is 11.8 Å². The van der Waals surface area contributed by atoms with Crippen LogP contribution in [0.2, 0.25) is 0 Å². The van der Waals surface area contributed by atoms with Crippen LogP contribution in [0.15, 0.2) is 18.2 Å². The van der Waals surface area contributed by atoms with Crippen molar-refractivity contribution >= 4 is 34.2 Å². The van der Waals surface area contributed by atoms with Crippen molar-refractivity contribution in [3.63, 3.8) is 0 Å². The Balaban J connectivity index is 2.04. The highest BCUT2D eigenvalue weighted by atomic mass is 127. The van der Waals surface area contributed by atoms with Crippen LogP contribution in [0.5, 0.6) is 0 Å². The maximum atomic E-state index is 11.7. The molecule has 3 heteroatoms. The molecule has 15 heavy (non-hydrogen) atoms. The Hall–Kier alpha value is -0.580. The minimum atomic E-state index is 0.169. The van der Waals surface area contributed by atoms with Crippen LogP contribution in [0, 0.1) is 22.3 Å². The van der Waals surface area contributed by atoms with Crippen LogP contribution in [0.4, 0.5) is 5.69 Å². The van der Waals surface area contributed by atoms with Crippen LogP contribution in [-0.2, 0) is 4.79 Å². The van der Waals surface area contributed by atoms with Gasteiger partial charge in [0.15, 0.2) is 0 Å². The topological polar surface area (TPSA) is 29.1 Å². The molecule has 1 aromatic carbocycles. The maximum absolute atomic E-state index is 11.7. The summed E-state index contributed by atoms with van der Waals surface area (Å²) in [6, 6.07) is 6.01. The highest BCUT2D eigenvalue weighted by Gasteiger charge is 2.38. The molecule has 0 spiro atoms. The van der Waals surface area contributed by atoms with Crippen LogP contribution < -0.4 is 5.32 Å². The largest absolute Gasteiger partial charge is 0.326 e. The summed E-state index contributed by atoms with van der Waals surface area (Å²) in [5.74, 6) is 0.973. The van der Waals surface area contributed by atoms with E-state index in [1.807, 2.05) is 18.2 Å². The van der Waals surface area contributed by atoms with Crippen LogP contribution in [0.3, 0.4) is 0 Å². The van der Waals surface area contributed by atoms with E-state index in [-0.39, 0.29) is 11.8 Å². The van der Waals surface area contributed by atoms with E-state index < -0.39 is 0 Å². The van der Waals surface area contributed by atoms with Crippen molar-refractivity contribution in [2.45, 2.75) is 20.3 Å². The van der Waals surface area contributed by atoms with Gasteiger partial charge >= 0.3 is 0 Å². The van der Waals surface area contributed by atoms with E-state index >= 15 is 0 Å². The van der Waals surface area contributed by atoms with Gasteiger partial charge in [0, 0.05) is 15.2 Å². The fourth-order valence-electron chi connectivity index (χ4n) is 1.59. The summed E-state index contributed by atoms with van der Waals surface area (Å²) in [5, 5.41) is 2.96. The van der Waals surface area contributed by atoms with Crippen molar-refractivity contribution in [1.29, 1.82) is 0 Å². The molecule has 1 amide bonds. The molecule has 0 heterocycles. The summed E-state index contributed by atoms with van der Waals surface area (Å²) in [5.41, 5.74) is 2.16. The Bertz CT molecular complexity index is 403. The summed E-state index contributed by atoms with van der Waals surface area (Å²) in [4.78, 5) is 11.7. The third kappa shape index (κ3) is 2.51. The van der Waals surface area contributed by atoms with Crippen molar-refractivity contribution in [2.75, 3.05) is 5.32 Å². The van der Waals surface area contributed by atoms with Crippen molar-refractivity contribution in [3.8, 4) is 0 Å². The summed E-state index contributed by atoms with van der Waals surface area (Å²) >= 11 is 2.28. The van der Waals surface area contributed by atoms with Gasteiger partial charge in [0.1, 0.15) is 0 Å². The molecule has 0 radical (unpaired) electrons. The number of amides is 1. The number of aryl methyl sites for hydroxylation is 1. The van der Waals surface area contributed by atoms with E-state index in [0.717, 1.165) is 12.1 Å². The van der Waals surface area contributed by atoms with Gasteiger partial charge in [-0.15, -0.1) is 0 Å². The molecule has 2 rings (SSSR count). The predicted molar refractivity (Wildman–Crippen MR) is 69.8 cm³/mol. The number of hydrogen-bond donors (Lipinski definition) is 1. The molecule has 80 valence electrons. The summed E-state index contributed by atoms with van der Waals surface area (Å²) in [6.45, 7) is 4.18. The maximum Gasteiger partial charge on any atom is 0.227 e. The second kappa shape index (κ2) is 4.12. The number of carbonyl (C=O) groups is 1. The average Bonchev–Trinajstić information content (AvgIpc) is 2.89. The molecule has 1 N–H and O–H groups in total. The van der Waals surface area contributed by atoms with Gasteiger partial charge in [-0.1, -0.05) is 13.0 Å². The Labute approximate surface area is 104 Å². The average molecular weight is 315 g/mol. The second-order valence-electron chi connectivity index (χ2n) is 4.27. The van der Waals surface area contributed by atoms with Gasteiger partial charge in [-0.3, -0.25) is 4.79 Å². The van der Waals surface area contributed by atoms with Crippen LogP contribution in [0.25, 0.3) is 0 Å². The van der Waals surface area contributed by atoms with Gasteiger partial charge in [-0.25, -0.2) is 0 Å². The smallest absolute Gasteiger partial charge is 0.227 e. The minimum absolute atomic E-state index is 0.169. The Morgan fingerprint density at radius 3 is 2.73 bits per heavy atom. The molecule has 1 aliphatic carbocycles. The first-order chi connectivity index (χ1) is 7.08. The Morgan fingerprint density at radius 1 is 1.53 bits per heavy atom. The molecule has 1 aliphatic rings. The van der Waals surface area contributed by atoms with Gasteiger partial charge in [-0.05, 0) is 59.5 Å². The van der Waals surface area contributed by atoms with E-state index in [9.17, 15) is 4.79 Å². The van der Waals surface area contributed by atoms with Crippen molar-refractivity contribution in [3.05, 3.63) is 27.3 Å². The Kier molecular flexibility index (Phi) is 3.00. The fourth-order valence-corrected chi connectivity index (χ4v) is 2.11. The molecule has 1 fully saturated rings. The van der Waals surface area contributed by atoms with Gasteiger partial charge in [0.25, 0.3) is 0 Å². The van der Waals surface area contributed by atoms with Crippen LogP contribution in [0.1, 0.15) is 18.9 Å². The van der Waals surface area contributed by atoms with Gasteiger partial charge in [-0.2, -0.15) is 0 Å². The van der Waals surface area contributed by atoms with Crippen molar-refractivity contribution in [1.82, 2.24) is 0 Å². The lowest BCUT2D eigenvalue weighted by atomic mass is 10.2. The first-order valence-electron chi connectivity index (χ1n) is 5.15. The molecular weight excluding hydrogens is 301 g/mol. The molecule has 1 saturated carbocycles. The minimum Gasteiger partial charge on any atom is -0.326 e. The third-order valence-corrected chi connectivity index (χ3v) is 4.05. The van der Waals surface area contributed by atoms with E-state index in [0.29, 0.717) is 5.92 Å². The fraction of sp³-hybridized carbons (Fsp3) is 0.417. The summed E-state index contributed by atoms with van der Waals surface area (Å²) < 4.78 is 1.19. The normalized spacial score (nSPS) is 23.7. The standard InChI is InChI=1S/C12H14INO/c1-7-3-4-9(6-11(7)13)14-12(15)10-5-8(10)2/h3-4,6,8,10H,5H2,1-2H3,(H,14,15)/t8-,10-/m1/s1. The van der Waals surface area contributed by atoms with Crippen molar-refractivity contribution < 1.29 is 4.79 Å². The lowest BCUT2D eigenvalue weighted by Gasteiger charge is -2.06. The predicted octanol–water partition coefficient (Wildman–Crippen LogP) is 3.19. The number of carbonyl (C=O) groups excluding carboxylic acids is 1. The SMILES string of the molecule is Cc1ccc(NC(=O)[C@@H]2C[C@H]2C)cc1I. The zero-order valence-electron chi connectivity index (χ0n) is 8.88. The molecule has 0 unspecified atom stereocenters. The van der Waals surface area contributed by atoms with Crippen LogP contribution in [-0.4, -0.2) is 5.91 Å². The number of hydrogen-bond acceptors (Lipinski definition) is 1. The Morgan fingerprint density at radius 2 is 2.20 bits per heavy atom. The first kappa shape index (κ1) is 10.9. The van der Waals surface area contributed by atoms with E-state index in [1.54, 1.807) is 0 Å². The first-order valence-corrected chi connectivity index (χ1v) is 6.23. The number of rotatable bonds is 2. The lowest BCUT2D eigenvalue weighted by molar-refractivity contribution is -0.117. The lowest BCUT2D eigenvalue weighted by Crippen LogP contribution is -2.14. The number of nitrogens with one attached hydrogen (secondary N) is 1. The second-order valence-corrected chi connectivity index (χ2v) is 5.43. The third-order valence-electron chi connectivity index (χ3n) is 2.89. The zero-order valence-corrected chi connectivity index (χ0v) is 11.0. The molecular formula is C12H14INO. The highest BCUT2D eigenvalue weighted by Crippen LogP contribution is 2.38. The zero-order chi connectivity index (χ0) is 11.0. The van der Waals surface area contributed by atoms with E-state index in [1.165, 1.54) is 9.13 Å². The number of anilines is 1. The molecule has 2 nitrogen and oxygen atoms in total. The van der Waals surface area contributed by atoms with E-state index in [2.05, 4.69) is 41.8 Å². The van der Waals surface area contributed by atoms with E-state index in [4.69, 9.17) is 0 Å². The summed E-state index contributed by atoms with van der Waals surface area (Å²) in [6.07, 6.45) is 1.04. The summed E-state index contributed by atoms with van der Waals surface area (Å²) in [7, 11) is 0.